The molecule has 3 atom stereocenters. The fraction of sp³-hybridized carbons (Fsp3) is 0.395. The predicted octanol–water partition coefficient (Wildman–Crippen LogP) is 5.73. The molecule has 270 valence electrons. The number of benzene rings is 1. The number of pyridine rings is 1. The molecule has 4 aromatic rings. The maximum atomic E-state index is 14.4. The van der Waals surface area contributed by atoms with Crippen molar-refractivity contribution < 1.29 is 32.3 Å². The van der Waals surface area contributed by atoms with Crippen LogP contribution < -0.4 is 10.6 Å². The minimum atomic E-state index is -4.71. The van der Waals surface area contributed by atoms with Gasteiger partial charge >= 0.3 is 6.18 Å². The highest BCUT2D eigenvalue weighted by Crippen LogP contribution is 2.59. The molecule has 5 heterocycles. The molecule has 11 nitrogen and oxygen atoms in total. The number of nitrogens with one attached hydrogen (secondary N) is 2. The lowest BCUT2D eigenvalue weighted by Gasteiger charge is -2.27. The summed E-state index contributed by atoms with van der Waals surface area (Å²) in [4.78, 5) is 68.1. The molecule has 1 aliphatic carbocycles. The number of carbonyl (C=O) groups excluding carboxylic acids is 4. The van der Waals surface area contributed by atoms with Crippen molar-refractivity contribution in [2.75, 3.05) is 11.9 Å². The molecule has 3 amide bonds. The molecule has 0 radical (unpaired) electrons. The van der Waals surface area contributed by atoms with Crippen LogP contribution in [0.2, 0.25) is 0 Å². The smallest absolute Gasteiger partial charge is 0.355 e. The van der Waals surface area contributed by atoms with Crippen LogP contribution in [0.4, 0.5) is 19.0 Å². The van der Waals surface area contributed by atoms with Crippen molar-refractivity contribution in [1.82, 2.24) is 29.7 Å². The zero-order chi connectivity index (χ0) is 36.9. The first-order valence-corrected chi connectivity index (χ1v) is 17.3. The Morgan fingerprint density at radius 2 is 1.81 bits per heavy atom. The first-order chi connectivity index (χ1) is 24.7. The highest BCUT2D eigenvalue weighted by Gasteiger charge is 2.67. The third-order valence-corrected chi connectivity index (χ3v) is 10.4. The Morgan fingerprint density at radius 3 is 2.54 bits per heavy atom. The van der Waals surface area contributed by atoms with E-state index in [0.29, 0.717) is 60.0 Å². The Morgan fingerprint density at radius 1 is 1.04 bits per heavy atom. The second-order valence-corrected chi connectivity index (χ2v) is 14.1. The Labute approximate surface area is 297 Å². The molecule has 3 aromatic heterocycles. The van der Waals surface area contributed by atoms with Crippen LogP contribution in [-0.4, -0.2) is 66.6 Å². The average Bonchev–Trinajstić information content (AvgIpc) is 3.50. The monoisotopic (exact) mass is 713 g/mol. The second-order valence-electron chi connectivity index (χ2n) is 14.1. The van der Waals surface area contributed by atoms with Crippen molar-refractivity contribution in [1.29, 1.82) is 0 Å². The van der Waals surface area contributed by atoms with Crippen LogP contribution in [0.5, 0.6) is 0 Å². The van der Waals surface area contributed by atoms with Crippen molar-refractivity contribution >= 4 is 40.2 Å². The number of aromatic nitrogens is 4. The third kappa shape index (κ3) is 6.69. The molecule has 3 aliphatic rings. The lowest BCUT2D eigenvalue weighted by Crippen LogP contribution is -2.46. The topological polar surface area (TPSA) is 139 Å². The molecule has 0 spiro atoms. The number of ketones is 1. The van der Waals surface area contributed by atoms with Gasteiger partial charge in [0, 0.05) is 59.5 Å². The number of Topliss-reactive ketones (excluding diaryl/α,β-unsaturated/α-hetero) is 1. The zero-order valence-corrected chi connectivity index (χ0v) is 29.0. The van der Waals surface area contributed by atoms with Gasteiger partial charge in [0.1, 0.15) is 29.9 Å². The summed E-state index contributed by atoms with van der Waals surface area (Å²) in [5.74, 6) is -0.980. The van der Waals surface area contributed by atoms with Crippen molar-refractivity contribution in [2.24, 2.45) is 5.41 Å². The Kier molecular flexibility index (Phi) is 8.95. The number of aryl methyl sites for hydroxylation is 2. The minimum absolute atomic E-state index is 0.130. The molecule has 2 bridgehead atoms. The molecule has 2 fully saturated rings. The molecule has 0 unspecified atom stereocenters. The Hall–Kier alpha value is -5.40. The van der Waals surface area contributed by atoms with Crippen molar-refractivity contribution in [3.8, 4) is 11.1 Å². The van der Waals surface area contributed by atoms with Crippen LogP contribution in [0, 0.1) is 19.3 Å². The van der Waals surface area contributed by atoms with Gasteiger partial charge in [-0.25, -0.2) is 15.0 Å². The van der Waals surface area contributed by atoms with E-state index in [2.05, 4.69) is 25.6 Å². The van der Waals surface area contributed by atoms with E-state index in [1.165, 1.54) is 24.8 Å². The summed E-state index contributed by atoms with van der Waals surface area (Å²) in [6.45, 7) is 4.87. The fourth-order valence-electron chi connectivity index (χ4n) is 7.58. The van der Waals surface area contributed by atoms with Crippen molar-refractivity contribution in [3.63, 3.8) is 0 Å². The molecule has 7 rings (SSSR count). The quantitative estimate of drug-likeness (QED) is 0.204. The van der Waals surface area contributed by atoms with E-state index in [1.807, 2.05) is 24.3 Å². The molecule has 52 heavy (non-hydrogen) atoms. The van der Waals surface area contributed by atoms with Gasteiger partial charge in [0.15, 0.2) is 5.78 Å². The van der Waals surface area contributed by atoms with Crippen molar-refractivity contribution in [2.45, 2.75) is 84.1 Å². The van der Waals surface area contributed by atoms with Gasteiger partial charge in [0.25, 0.3) is 0 Å². The summed E-state index contributed by atoms with van der Waals surface area (Å²) in [7, 11) is 0. The van der Waals surface area contributed by atoms with Gasteiger partial charge in [0.2, 0.25) is 17.7 Å². The molecule has 14 heteroatoms. The maximum Gasteiger partial charge on any atom is 0.433 e. The van der Waals surface area contributed by atoms with Gasteiger partial charge < -0.3 is 20.1 Å². The molecule has 1 saturated heterocycles. The van der Waals surface area contributed by atoms with Gasteiger partial charge in [-0.1, -0.05) is 18.2 Å². The molecular weight excluding hydrogens is 675 g/mol. The number of nitrogens with zero attached hydrogens (tertiary/aromatic N) is 5. The van der Waals surface area contributed by atoms with Crippen LogP contribution in [0.25, 0.3) is 22.0 Å². The number of anilines is 1. The standard InChI is InChI=1S/C38H38F3N7O4/c1-21-10-11-30(38(39,40)41)45-35(21)46-36(52)29-14-37-15-31(37)48(29)33(51)19-47-18-28(22(2)49)27-13-25(26-16-42-23(3)43-17-26)12-24(34(27)47)8-6-4-5-7-9-32(50)44-20-37/h4,6,10-13,16-18,29,31H,5,7-9,14-15,19-20H2,1-3H3,(H,44,50)(H,45,46,52)/b6-4+/t29-,31+,37-/m0/s1. The number of carbonyl (C=O) groups is 4. The SMILES string of the molecule is CC(=O)c1cn2c3c(cc(-c4cnc(C)nc4)cc13)C/C=C/CCCC(=O)NC[C@@]13C[C@@H](C(=O)Nc4nc(C(F)(F)F)ccc4C)N(C(=O)C2)[C@@H]1C3. The lowest BCUT2D eigenvalue weighted by atomic mass is 9.97. The second kappa shape index (κ2) is 13.3. The predicted molar refractivity (Wildman–Crippen MR) is 186 cm³/mol. The number of piperidine rings is 1. The van der Waals surface area contributed by atoms with Gasteiger partial charge in [-0.05, 0) is 87.8 Å². The van der Waals surface area contributed by atoms with E-state index in [4.69, 9.17) is 0 Å². The van der Waals surface area contributed by atoms with Crippen LogP contribution >= 0.6 is 0 Å². The van der Waals surface area contributed by atoms with Crippen LogP contribution in [0.15, 0.2) is 55.0 Å². The van der Waals surface area contributed by atoms with E-state index >= 15 is 0 Å². The molecule has 1 saturated carbocycles. The highest BCUT2D eigenvalue weighted by atomic mass is 19.4. The number of allylic oxidation sites excluding steroid dienone is 2. The summed E-state index contributed by atoms with van der Waals surface area (Å²) in [6.07, 6.45) is 7.29. The number of amides is 3. The molecule has 2 N–H and O–H groups in total. The van der Waals surface area contributed by atoms with E-state index < -0.39 is 35.1 Å². The van der Waals surface area contributed by atoms with E-state index in [-0.39, 0.29) is 43.1 Å². The van der Waals surface area contributed by atoms with Gasteiger partial charge in [0.05, 0.1) is 5.52 Å². The molecular formula is C38H38F3N7O4. The fourth-order valence-corrected chi connectivity index (χ4v) is 7.58. The number of halogens is 3. The molecule has 1 aromatic carbocycles. The maximum absolute atomic E-state index is 14.4. The zero-order valence-electron chi connectivity index (χ0n) is 29.0. The van der Waals surface area contributed by atoms with Gasteiger partial charge in [-0.15, -0.1) is 0 Å². The first kappa shape index (κ1) is 35.0. The summed E-state index contributed by atoms with van der Waals surface area (Å²) in [5.41, 5.74) is 2.19. The summed E-state index contributed by atoms with van der Waals surface area (Å²) >= 11 is 0. The van der Waals surface area contributed by atoms with Crippen molar-refractivity contribution in [3.05, 3.63) is 83.2 Å². The first-order valence-electron chi connectivity index (χ1n) is 17.3. The number of alkyl halides is 3. The highest BCUT2D eigenvalue weighted by molar-refractivity contribution is 6.09. The summed E-state index contributed by atoms with van der Waals surface area (Å²) in [5, 5.41) is 6.22. The van der Waals surface area contributed by atoms with Gasteiger partial charge in [-0.3, -0.25) is 19.2 Å². The van der Waals surface area contributed by atoms with E-state index in [9.17, 15) is 32.3 Å². The van der Waals surface area contributed by atoms with E-state index in [0.717, 1.165) is 22.8 Å². The van der Waals surface area contributed by atoms with Crippen LogP contribution in [-0.2, 0) is 33.5 Å². The number of hydrogen-bond acceptors (Lipinski definition) is 7. The Bertz CT molecular complexity index is 2140. The van der Waals surface area contributed by atoms with E-state index in [1.54, 1.807) is 30.1 Å². The van der Waals surface area contributed by atoms with Gasteiger partial charge in [-0.2, -0.15) is 13.2 Å². The number of hydrogen-bond donors (Lipinski definition) is 2. The molecule has 2 aliphatic heterocycles. The average molecular weight is 714 g/mol. The summed E-state index contributed by atoms with van der Waals surface area (Å²) < 4.78 is 42.2. The summed E-state index contributed by atoms with van der Waals surface area (Å²) in [6, 6.07) is 4.58. The lowest BCUT2D eigenvalue weighted by molar-refractivity contribution is -0.141. The van der Waals surface area contributed by atoms with Crippen LogP contribution in [0.1, 0.15) is 72.0 Å². The van der Waals surface area contributed by atoms with Crippen LogP contribution in [0.3, 0.4) is 0 Å². The number of rotatable bonds is 4. The minimum Gasteiger partial charge on any atom is -0.355 e. The third-order valence-electron chi connectivity index (χ3n) is 10.4. The normalized spacial score (nSPS) is 22.8. The Balaban J connectivity index is 1.29. The largest absolute Gasteiger partial charge is 0.433 e.